The van der Waals surface area contributed by atoms with Crippen LogP contribution in [0.1, 0.15) is 15.9 Å². The fourth-order valence-electron chi connectivity index (χ4n) is 1.74. The molecule has 0 aliphatic heterocycles. The SMILES string of the molecule is COc1ccc(C(=O)N/N=C\c2ccc(OC)c(Br)c2)cc1. The number of methoxy groups -OCH3 is 2. The van der Waals surface area contributed by atoms with Crippen molar-refractivity contribution in [3.8, 4) is 11.5 Å². The number of amides is 1. The number of rotatable bonds is 5. The molecule has 0 unspecified atom stereocenters. The van der Waals surface area contributed by atoms with Crippen molar-refractivity contribution < 1.29 is 14.3 Å². The number of benzene rings is 2. The number of nitrogens with zero attached hydrogens (tertiary/aromatic N) is 1. The summed E-state index contributed by atoms with van der Waals surface area (Å²) in [6.45, 7) is 0. The molecule has 2 aromatic rings. The predicted molar refractivity (Wildman–Crippen MR) is 88.7 cm³/mol. The maximum Gasteiger partial charge on any atom is 0.271 e. The number of hydrogen-bond donors (Lipinski definition) is 1. The van der Waals surface area contributed by atoms with Gasteiger partial charge in [-0.2, -0.15) is 5.10 Å². The number of carbonyl (C=O) groups excluding carboxylic acids is 1. The molecule has 22 heavy (non-hydrogen) atoms. The van der Waals surface area contributed by atoms with E-state index in [1.165, 1.54) is 0 Å². The summed E-state index contributed by atoms with van der Waals surface area (Å²) < 4.78 is 11.0. The van der Waals surface area contributed by atoms with E-state index in [2.05, 4.69) is 26.5 Å². The summed E-state index contributed by atoms with van der Waals surface area (Å²) in [5.41, 5.74) is 3.82. The Hall–Kier alpha value is -2.34. The molecule has 0 aromatic heterocycles. The zero-order valence-corrected chi connectivity index (χ0v) is 13.8. The molecule has 5 nitrogen and oxygen atoms in total. The molecule has 6 heteroatoms. The maximum atomic E-state index is 11.9. The molecule has 0 fully saturated rings. The van der Waals surface area contributed by atoms with E-state index in [1.807, 2.05) is 18.2 Å². The molecule has 0 aliphatic rings. The summed E-state index contributed by atoms with van der Waals surface area (Å²) in [5, 5.41) is 3.94. The second kappa shape index (κ2) is 7.61. The van der Waals surface area contributed by atoms with E-state index in [0.29, 0.717) is 11.3 Å². The Morgan fingerprint density at radius 1 is 1.14 bits per heavy atom. The predicted octanol–water partition coefficient (Wildman–Crippen LogP) is 3.23. The molecule has 1 amide bonds. The van der Waals surface area contributed by atoms with Gasteiger partial charge in [-0.25, -0.2) is 5.43 Å². The third kappa shape index (κ3) is 4.08. The van der Waals surface area contributed by atoms with Crippen molar-refractivity contribution in [1.29, 1.82) is 0 Å². The Morgan fingerprint density at radius 2 is 1.86 bits per heavy atom. The van der Waals surface area contributed by atoms with Crippen LogP contribution in [0, 0.1) is 0 Å². The van der Waals surface area contributed by atoms with Gasteiger partial charge in [-0.05, 0) is 64.0 Å². The second-order valence-corrected chi connectivity index (χ2v) is 5.18. The van der Waals surface area contributed by atoms with Gasteiger partial charge in [0.15, 0.2) is 0 Å². The highest BCUT2D eigenvalue weighted by molar-refractivity contribution is 9.10. The zero-order valence-electron chi connectivity index (χ0n) is 12.2. The van der Waals surface area contributed by atoms with Crippen LogP contribution in [0.2, 0.25) is 0 Å². The van der Waals surface area contributed by atoms with Crippen molar-refractivity contribution in [2.45, 2.75) is 0 Å². The van der Waals surface area contributed by atoms with Crippen molar-refractivity contribution in [3.63, 3.8) is 0 Å². The second-order valence-electron chi connectivity index (χ2n) is 4.32. The van der Waals surface area contributed by atoms with Gasteiger partial charge in [0.25, 0.3) is 5.91 Å². The summed E-state index contributed by atoms with van der Waals surface area (Å²) in [4.78, 5) is 11.9. The smallest absolute Gasteiger partial charge is 0.271 e. The van der Waals surface area contributed by atoms with Gasteiger partial charge in [0.1, 0.15) is 11.5 Å². The van der Waals surface area contributed by atoms with Crippen molar-refractivity contribution in [1.82, 2.24) is 5.43 Å². The molecular weight excluding hydrogens is 348 g/mol. The maximum absolute atomic E-state index is 11.9. The molecule has 0 atom stereocenters. The summed E-state index contributed by atoms with van der Waals surface area (Å²) in [5.74, 6) is 1.15. The van der Waals surface area contributed by atoms with Gasteiger partial charge < -0.3 is 9.47 Å². The molecule has 2 aromatic carbocycles. The van der Waals surface area contributed by atoms with E-state index >= 15 is 0 Å². The van der Waals surface area contributed by atoms with Crippen LogP contribution in [0.5, 0.6) is 11.5 Å². The first-order chi connectivity index (χ1) is 10.6. The molecule has 1 N–H and O–H groups in total. The quantitative estimate of drug-likeness (QED) is 0.656. The van der Waals surface area contributed by atoms with Gasteiger partial charge in [0.2, 0.25) is 0 Å². The van der Waals surface area contributed by atoms with Crippen molar-refractivity contribution in [2.24, 2.45) is 5.10 Å². The normalized spacial score (nSPS) is 10.5. The molecule has 2 rings (SSSR count). The number of hydrogen-bond acceptors (Lipinski definition) is 4. The number of carbonyl (C=O) groups is 1. The number of hydrazone groups is 1. The standard InChI is InChI=1S/C16H15BrN2O3/c1-21-13-6-4-12(5-7-13)16(20)19-18-10-11-3-8-15(22-2)14(17)9-11/h3-10H,1-2H3,(H,19,20)/b18-10-. The minimum atomic E-state index is -0.286. The molecule has 0 spiro atoms. The van der Waals surface area contributed by atoms with Crippen molar-refractivity contribution in [2.75, 3.05) is 14.2 Å². The van der Waals surface area contributed by atoms with Gasteiger partial charge in [-0.15, -0.1) is 0 Å². The van der Waals surface area contributed by atoms with E-state index in [9.17, 15) is 4.79 Å². The first-order valence-electron chi connectivity index (χ1n) is 6.45. The Kier molecular flexibility index (Phi) is 5.55. The first-order valence-corrected chi connectivity index (χ1v) is 7.24. The van der Waals surface area contributed by atoms with E-state index in [0.717, 1.165) is 15.8 Å². The van der Waals surface area contributed by atoms with E-state index < -0.39 is 0 Å². The van der Waals surface area contributed by atoms with Gasteiger partial charge in [0.05, 0.1) is 24.9 Å². The van der Waals surface area contributed by atoms with Gasteiger partial charge >= 0.3 is 0 Å². The molecule has 0 aliphatic carbocycles. The molecule has 114 valence electrons. The third-order valence-corrected chi connectivity index (χ3v) is 3.53. The molecule has 0 saturated carbocycles. The van der Waals surface area contributed by atoms with Gasteiger partial charge in [-0.1, -0.05) is 0 Å². The van der Waals surface area contributed by atoms with Gasteiger partial charge in [-0.3, -0.25) is 4.79 Å². The lowest BCUT2D eigenvalue weighted by molar-refractivity contribution is 0.0955. The topological polar surface area (TPSA) is 59.9 Å². The molecule has 0 saturated heterocycles. The molecule has 0 radical (unpaired) electrons. The largest absolute Gasteiger partial charge is 0.497 e. The Bertz CT molecular complexity index is 684. The van der Waals surface area contributed by atoms with Crippen molar-refractivity contribution in [3.05, 3.63) is 58.1 Å². The van der Waals surface area contributed by atoms with Crippen LogP contribution in [-0.2, 0) is 0 Å². The van der Waals surface area contributed by atoms with Crippen LogP contribution >= 0.6 is 15.9 Å². The summed E-state index contributed by atoms with van der Waals surface area (Å²) in [6, 6.07) is 12.3. The molecular formula is C16H15BrN2O3. The van der Waals surface area contributed by atoms with E-state index in [-0.39, 0.29) is 5.91 Å². The van der Waals surface area contributed by atoms with Crippen molar-refractivity contribution >= 4 is 28.1 Å². The number of ether oxygens (including phenoxy) is 2. The Labute approximate surface area is 137 Å². The molecule has 0 bridgehead atoms. The lowest BCUT2D eigenvalue weighted by Crippen LogP contribution is -2.17. The van der Waals surface area contributed by atoms with Crippen LogP contribution in [0.15, 0.2) is 52.0 Å². The van der Waals surface area contributed by atoms with Crippen LogP contribution in [0.4, 0.5) is 0 Å². The van der Waals surface area contributed by atoms with Crippen LogP contribution in [0.25, 0.3) is 0 Å². The van der Waals surface area contributed by atoms with Crippen LogP contribution < -0.4 is 14.9 Å². The Morgan fingerprint density at radius 3 is 2.45 bits per heavy atom. The number of nitrogens with one attached hydrogen (secondary N) is 1. The van der Waals surface area contributed by atoms with E-state index in [4.69, 9.17) is 9.47 Å². The summed E-state index contributed by atoms with van der Waals surface area (Å²) >= 11 is 3.39. The monoisotopic (exact) mass is 362 g/mol. The first kappa shape index (κ1) is 16.0. The van der Waals surface area contributed by atoms with E-state index in [1.54, 1.807) is 44.7 Å². The zero-order chi connectivity index (χ0) is 15.9. The third-order valence-electron chi connectivity index (χ3n) is 2.91. The Balaban J connectivity index is 1.99. The van der Waals surface area contributed by atoms with Gasteiger partial charge in [0, 0.05) is 5.56 Å². The fourth-order valence-corrected chi connectivity index (χ4v) is 2.29. The number of halogens is 1. The average Bonchev–Trinajstić information content (AvgIpc) is 2.55. The van der Waals surface area contributed by atoms with Crippen LogP contribution in [-0.4, -0.2) is 26.3 Å². The highest BCUT2D eigenvalue weighted by Crippen LogP contribution is 2.24. The minimum absolute atomic E-state index is 0.286. The average molecular weight is 363 g/mol. The lowest BCUT2D eigenvalue weighted by Gasteiger charge is -2.04. The van der Waals surface area contributed by atoms with Crippen LogP contribution in [0.3, 0.4) is 0 Å². The highest BCUT2D eigenvalue weighted by Gasteiger charge is 2.04. The highest BCUT2D eigenvalue weighted by atomic mass is 79.9. The minimum Gasteiger partial charge on any atom is -0.497 e. The summed E-state index contributed by atoms with van der Waals surface area (Å²) in [7, 11) is 3.18. The molecule has 0 heterocycles. The summed E-state index contributed by atoms with van der Waals surface area (Å²) in [6.07, 6.45) is 1.56. The fraction of sp³-hybridized carbons (Fsp3) is 0.125. The lowest BCUT2D eigenvalue weighted by atomic mass is 10.2.